The number of imidazole rings is 1. The Morgan fingerprint density at radius 2 is 2.32 bits per heavy atom. The van der Waals surface area contributed by atoms with Gasteiger partial charge in [-0.1, -0.05) is 5.92 Å². The summed E-state index contributed by atoms with van der Waals surface area (Å²) in [6.07, 6.45) is 2.27. The van der Waals surface area contributed by atoms with Crippen molar-refractivity contribution in [3.63, 3.8) is 0 Å². The Morgan fingerprint density at radius 1 is 1.56 bits per heavy atom. The van der Waals surface area contributed by atoms with Crippen LogP contribution >= 0.6 is 0 Å². The first-order valence-electron chi connectivity index (χ1n) is 7.32. The highest BCUT2D eigenvalue weighted by Crippen LogP contribution is 2.42. The van der Waals surface area contributed by atoms with Gasteiger partial charge < -0.3 is 20.3 Å². The van der Waals surface area contributed by atoms with Crippen LogP contribution in [-0.4, -0.2) is 68.4 Å². The van der Waals surface area contributed by atoms with Crippen molar-refractivity contribution in [1.82, 2.24) is 19.5 Å². The number of nitrogens with zero attached hydrogens (tertiary/aromatic N) is 4. The molecule has 0 amide bonds. The highest BCUT2D eigenvalue weighted by atomic mass is 19.1. The first-order chi connectivity index (χ1) is 12.0. The van der Waals surface area contributed by atoms with Gasteiger partial charge in [0, 0.05) is 7.05 Å². The van der Waals surface area contributed by atoms with E-state index in [0.717, 1.165) is 0 Å². The van der Waals surface area contributed by atoms with Crippen LogP contribution in [0, 0.1) is 12.3 Å². The van der Waals surface area contributed by atoms with Gasteiger partial charge in [0.2, 0.25) is 5.67 Å². The van der Waals surface area contributed by atoms with Crippen molar-refractivity contribution in [3.05, 3.63) is 6.33 Å². The second kappa shape index (κ2) is 6.41. The topological polar surface area (TPSA) is 127 Å². The molecule has 1 aliphatic rings. The summed E-state index contributed by atoms with van der Waals surface area (Å²) in [6.45, 7) is -0.592. The molecule has 1 aliphatic heterocycles. The molecule has 0 bridgehead atoms. The molecule has 0 unspecified atom stereocenters. The van der Waals surface area contributed by atoms with Gasteiger partial charge in [-0.25, -0.2) is 14.9 Å². The van der Waals surface area contributed by atoms with Crippen molar-refractivity contribution in [1.29, 1.82) is 0 Å². The fraction of sp³-hybridized carbons (Fsp3) is 0.500. The first-order valence-corrected chi connectivity index (χ1v) is 7.32. The molecular formula is C14H17FN6O4. The molecule has 3 rings (SSSR count). The lowest BCUT2D eigenvalue weighted by Crippen LogP contribution is -2.42. The number of alkyl halides is 1. The van der Waals surface area contributed by atoms with Gasteiger partial charge in [0.25, 0.3) is 5.95 Å². The summed E-state index contributed by atoms with van der Waals surface area (Å²) >= 11 is 0. The SMILES string of the molecule is C#C[C@@]1(F)[C@H](O)[C@@H](CO)O[C@H]1n1cnc2c(NC)nc(NOC)nc21. The van der Waals surface area contributed by atoms with Gasteiger partial charge >= 0.3 is 0 Å². The van der Waals surface area contributed by atoms with Crippen LogP contribution in [0.3, 0.4) is 0 Å². The number of aliphatic hydroxyl groups is 2. The fourth-order valence-corrected chi connectivity index (χ4v) is 2.72. The third kappa shape index (κ3) is 2.56. The second-order valence-corrected chi connectivity index (χ2v) is 5.34. The molecule has 1 saturated heterocycles. The summed E-state index contributed by atoms with van der Waals surface area (Å²) in [5.41, 5.74) is 0.452. The number of anilines is 2. The van der Waals surface area contributed by atoms with E-state index in [1.54, 1.807) is 7.05 Å². The van der Waals surface area contributed by atoms with E-state index >= 15 is 4.39 Å². The molecule has 0 saturated carbocycles. The quantitative estimate of drug-likeness (QED) is 0.413. The Balaban J connectivity index is 2.15. The zero-order chi connectivity index (χ0) is 18.2. The van der Waals surface area contributed by atoms with Gasteiger partial charge in [-0.15, -0.1) is 6.42 Å². The fourth-order valence-electron chi connectivity index (χ4n) is 2.72. The van der Waals surface area contributed by atoms with Gasteiger partial charge in [0.05, 0.1) is 20.0 Å². The maximum absolute atomic E-state index is 15.2. The number of hydrogen-bond donors (Lipinski definition) is 4. The number of rotatable bonds is 5. The summed E-state index contributed by atoms with van der Waals surface area (Å²) in [6, 6.07) is 0. The van der Waals surface area contributed by atoms with Crippen molar-refractivity contribution < 1.29 is 24.2 Å². The Bertz CT molecular complexity index is 823. The zero-order valence-corrected chi connectivity index (χ0v) is 13.5. The lowest BCUT2D eigenvalue weighted by molar-refractivity contribution is -0.0504. The van der Waals surface area contributed by atoms with Crippen LogP contribution in [0.5, 0.6) is 0 Å². The number of ether oxygens (including phenoxy) is 1. The molecule has 4 atom stereocenters. The van der Waals surface area contributed by atoms with Crippen molar-refractivity contribution >= 4 is 22.9 Å². The largest absolute Gasteiger partial charge is 0.394 e. The summed E-state index contributed by atoms with van der Waals surface area (Å²) in [5.74, 6) is 2.39. The van der Waals surface area contributed by atoms with Crippen molar-refractivity contribution in [2.24, 2.45) is 0 Å². The number of halogens is 1. The van der Waals surface area contributed by atoms with E-state index in [1.807, 2.05) is 5.92 Å². The molecule has 1 fully saturated rings. The van der Waals surface area contributed by atoms with E-state index in [9.17, 15) is 10.2 Å². The number of terminal acetylenes is 1. The smallest absolute Gasteiger partial charge is 0.251 e. The average Bonchev–Trinajstić information content (AvgIpc) is 3.14. The Kier molecular flexibility index (Phi) is 4.44. The molecule has 0 radical (unpaired) electrons. The minimum Gasteiger partial charge on any atom is -0.394 e. The van der Waals surface area contributed by atoms with Crippen LogP contribution in [0.15, 0.2) is 6.33 Å². The average molecular weight is 352 g/mol. The van der Waals surface area contributed by atoms with E-state index in [0.29, 0.717) is 11.3 Å². The Hall–Kier alpha value is -2.52. The predicted octanol–water partition coefficient (Wildman–Crippen LogP) is -0.567. The molecule has 0 aliphatic carbocycles. The van der Waals surface area contributed by atoms with Crippen LogP contribution in [0.2, 0.25) is 0 Å². The lowest BCUT2D eigenvalue weighted by Gasteiger charge is -2.23. The van der Waals surface area contributed by atoms with Crippen molar-refractivity contribution in [2.45, 2.75) is 24.1 Å². The van der Waals surface area contributed by atoms with Crippen LogP contribution < -0.4 is 10.8 Å². The molecule has 11 heteroatoms. The third-order valence-corrected chi connectivity index (χ3v) is 3.95. The molecule has 25 heavy (non-hydrogen) atoms. The standard InChI is InChI=1S/C14H17FN6O4/c1-4-14(15)9(23)7(5-22)25-12(14)21-6-17-8-10(16-2)18-13(20-24-3)19-11(8)21/h1,6-7,9,12,22-23H,5H2,2-3H3,(H2,16,18,19,20)/t7-,9-,12-,14-/m1/s1. The van der Waals surface area contributed by atoms with Crippen molar-refractivity contribution in [3.8, 4) is 12.3 Å². The van der Waals surface area contributed by atoms with E-state index in [4.69, 9.17) is 16.0 Å². The Labute approximate surface area is 142 Å². The zero-order valence-electron chi connectivity index (χ0n) is 13.5. The summed E-state index contributed by atoms with van der Waals surface area (Å²) in [7, 11) is 3.02. The molecule has 0 spiro atoms. The minimum atomic E-state index is -2.57. The second-order valence-electron chi connectivity index (χ2n) is 5.34. The molecule has 134 valence electrons. The van der Waals surface area contributed by atoms with Gasteiger partial charge in [-0.05, 0) is 0 Å². The normalized spacial score (nSPS) is 28.9. The number of hydrogen-bond acceptors (Lipinski definition) is 9. The van der Waals surface area contributed by atoms with Crippen LogP contribution in [-0.2, 0) is 9.57 Å². The van der Waals surface area contributed by atoms with E-state index in [-0.39, 0.29) is 11.6 Å². The molecule has 0 aromatic carbocycles. The number of aliphatic hydroxyl groups excluding tert-OH is 2. The van der Waals surface area contributed by atoms with E-state index < -0.39 is 30.7 Å². The maximum atomic E-state index is 15.2. The number of fused-ring (bicyclic) bond motifs is 1. The van der Waals surface area contributed by atoms with Gasteiger partial charge in [0.15, 0.2) is 23.2 Å². The molecule has 2 aromatic heterocycles. The summed E-state index contributed by atoms with van der Waals surface area (Å²) in [5, 5.41) is 22.2. The van der Waals surface area contributed by atoms with Crippen LogP contribution in [0.1, 0.15) is 6.23 Å². The van der Waals surface area contributed by atoms with Gasteiger partial charge in [-0.2, -0.15) is 9.97 Å². The van der Waals surface area contributed by atoms with Gasteiger partial charge in [0.1, 0.15) is 12.2 Å². The number of aromatic nitrogens is 4. The highest BCUT2D eigenvalue weighted by molar-refractivity contribution is 5.84. The monoisotopic (exact) mass is 352 g/mol. The van der Waals surface area contributed by atoms with E-state index in [2.05, 4.69) is 25.7 Å². The predicted molar refractivity (Wildman–Crippen MR) is 85.2 cm³/mol. The molecular weight excluding hydrogens is 335 g/mol. The summed E-state index contributed by atoms with van der Waals surface area (Å²) in [4.78, 5) is 17.3. The summed E-state index contributed by atoms with van der Waals surface area (Å²) < 4.78 is 21.9. The maximum Gasteiger partial charge on any atom is 0.251 e. The highest BCUT2D eigenvalue weighted by Gasteiger charge is 2.57. The molecule has 10 nitrogen and oxygen atoms in total. The molecule has 4 N–H and O–H groups in total. The van der Waals surface area contributed by atoms with Crippen LogP contribution in [0.4, 0.5) is 16.2 Å². The van der Waals surface area contributed by atoms with Crippen LogP contribution in [0.25, 0.3) is 11.2 Å². The van der Waals surface area contributed by atoms with Gasteiger partial charge in [-0.3, -0.25) is 9.40 Å². The first kappa shape index (κ1) is 17.3. The number of nitrogens with one attached hydrogen (secondary N) is 2. The van der Waals surface area contributed by atoms with E-state index in [1.165, 1.54) is 18.0 Å². The van der Waals surface area contributed by atoms with Crippen molar-refractivity contribution in [2.75, 3.05) is 31.6 Å². The third-order valence-electron chi connectivity index (χ3n) is 3.95. The molecule has 2 aromatic rings. The molecule has 3 heterocycles. The minimum absolute atomic E-state index is 0.100. The Morgan fingerprint density at radius 3 is 2.92 bits per heavy atom. The lowest BCUT2D eigenvalue weighted by atomic mass is 9.97.